The third kappa shape index (κ3) is 7.29. The molecule has 0 aromatic heterocycles. The number of carbonyl (C=O) groups excluding carboxylic acids is 1. The summed E-state index contributed by atoms with van der Waals surface area (Å²) in [5, 5.41) is 6.16. The number of thioether (sulfide) groups is 1. The molecule has 136 valence electrons. The molecule has 1 amide bonds. The Labute approximate surface area is 154 Å². The van der Waals surface area contributed by atoms with Gasteiger partial charge in [0.25, 0.3) is 0 Å². The van der Waals surface area contributed by atoms with Crippen LogP contribution in [0.25, 0.3) is 0 Å². The number of halogens is 1. The average molecular weight is 394 g/mol. The van der Waals surface area contributed by atoms with Gasteiger partial charge in [-0.25, -0.2) is 8.42 Å². The summed E-state index contributed by atoms with van der Waals surface area (Å²) in [6.45, 7) is 2.76. The molecule has 2 rings (SSSR count). The maximum Gasteiger partial charge on any atom is 0.232 e. The zero-order chi connectivity index (χ0) is 16.7. The molecule has 1 heterocycles. The number of sulfonamides is 1. The van der Waals surface area contributed by atoms with Crippen molar-refractivity contribution in [3.05, 3.63) is 24.3 Å². The van der Waals surface area contributed by atoms with Crippen LogP contribution in [0.1, 0.15) is 19.8 Å². The van der Waals surface area contributed by atoms with Crippen LogP contribution < -0.4 is 15.4 Å². The zero-order valence-electron chi connectivity index (χ0n) is 13.6. The van der Waals surface area contributed by atoms with Crippen LogP contribution >= 0.6 is 24.2 Å². The zero-order valence-corrected chi connectivity index (χ0v) is 16.0. The molecule has 0 bridgehead atoms. The minimum atomic E-state index is -3.29. The van der Waals surface area contributed by atoms with Gasteiger partial charge in [-0.2, -0.15) is 11.8 Å². The Morgan fingerprint density at radius 3 is 2.54 bits per heavy atom. The molecule has 1 aliphatic rings. The van der Waals surface area contributed by atoms with Crippen molar-refractivity contribution in [1.29, 1.82) is 0 Å². The fraction of sp³-hybridized carbons (Fsp3) is 0.533. The lowest BCUT2D eigenvalue weighted by molar-refractivity contribution is -0.116. The van der Waals surface area contributed by atoms with Crippen molar-refractivity contribution in [3.8, 4) is 0 Å². The van der Waals surface area contributed by atoms with E-state index in [1.807, 2.05) is 18.7 Å². The van der Waals surface area contributed by atoms with Gasteiger partial charge < -0.3 is 10.6 Å². The van der Waals surface area contributed by atoms with Crippen molar-refractivity contribution in [2.75, 3.05) is 33.8 Å². The second-order valence-corrected chi connectivity index (χ2v) is 8.47. The summed E-state index contributed by atoms with van der Waals surface area (Å²) < 4.78 is 25.9. The Morgan fingerprint density at radius 1 is 1.29 bits per heavy atom. The van der Waals surface area contributed by atoms with Crippen LogP contribution in [0, 0.1) is 0 Å². The molecule has 1 aliphatic heterocycles. The summed E-state index contributed by atoms with van der Waals surface area (Å²) in [6.07, 6.45) is 1.01. The molecule has 1 aromatic carbocycles. The first-order valence-corrected chi connectivity index (χ1v) is 10.5. The summed E-state index contributed by atoms with van der Waals surface area (Å²) in [4.78, 5) is 12.0. The number of hydrogen-bond donors (Lipinski definition) is 3. The third-order valence-corrected chi connectivity index (χ3v) is 5.97. The maximum absolute atomic E-state index is 12.0. The van der Waals surface area contributed by atoms with Crippen LogP contribution in [-0.4, -0.2) is 44.2 Å². The normalized spacial score (nSPS) is 17.6. The molecule has 0 aliphatic carbocycles. The van der Waals surface area contributed by atoms with Crippen molar-refractivity contribution >= 4 is 51.5 Å². The van der Waals surface area contributed by atoms with Crippen molar-refractivity contribution in [1.82, 2.24) is 5.32 Å². The third-order valence-electron chi connectivity index (χ3n) is 3.35. The predicted molar refractivity (Wildman–Crippen MR) is 104 cm³/mol. The summed E-state index contributed by atoms with van der Waals surface area (Å²) in [6, 6.07) is 6.92. The first-order chi connectivity index (χ1) is 11.0. The molecule has 1 unspecified atom stereocenters. The number of carbonyl (C=O) groups is 1. The van der Waals surface area contributed by atoms with Crippen LogP contribution in [-0.2, 0) is 14.8 Å². The first-order valence-electron chi connectivity index (χ1n) is 7.70. The van der Waals surface area contributed by atoms with Gasteiger partial charge in [-0.15, -0.1) is 12.4 Å². The second-order valence-electron chi connectivity index (χ2n) is 5.48. The summed E-state index contributed by atoms with van der Waals surface area (Å²) in [5.41, 5.74) is 1.17. The molecule has 0 radical (unpaired) electrons. The van der Waals surface area contributed by atoms with E-state index in [-0.39, 0.29) is 30.1 Å². The summed E-state index contributed by atoms with van der Waals surface area (Å²) in [7, 11) is -3.29. The fourth-order valence-corrected chi connectivity index (χ4v) is 4.39. The van der Waals surface area contributed by atoms with Gasteiger partial charge in [0.2, 0.25) is 15.9 Å². The van der Waals surface area contributed by atoms with E-state index in [1.54, 1.807) is 24.3 Å². The molecule has 9 heteroatoms. The van der Waals surface area contributed by atoms with Crippen molar-refractivity contribution in [3.63, 3.8) is 0 Å². The molecule has 24 heavy (non-hydrogen) atoms. The van der Waals surface area contributed by atoms with E-state index < -0.39 is 10.0 Å². The molecular formula is C15H24ClN3O3S2. The van der Waals surface area contributed by atoms with Crippen LogP contribution in [0.3, 0.4) is 0 Å². The Bertz CT molecular complexity index is 617. The van der Waals surface area contributed by atoms with Gasteiger partial charge in [0.1, 0.15) is 0 Å². The van der Waals surface area contributed by atoms with Crippen LogP contribution in [0.15, 0.2) is 24.3 Å². The van der Waals surface area contributed by atoms with E-state index in [1.165, 1.54) is 0 Å². The second kappa shape index (κ2) is 10.1. The predicted octanol–water partition coefficient (Wildman–Crippen LogP) is 2.29. The summed E-state index contributed by atoms with van der Waals surface area (Å²) >= 11 is 1.85. The number of benzene rings is 1. The van der Waals surface area contributed by atoms with E-state index in [2.05, 4.69) is 15.4 Å². The number of hydrogen-bond acceptors (Lipinski definition) is 5. The lowest BCUT2D eigenvalue weighted by atomic mass is 10.2. The van der Waals surface area contributed by atoms with Gasteiger partial charge in [-0.1, -0.05) is 6.92 Å². The Balaban J connectivity index is 0.00000288. The van der Waals surface area contributed by atoms with Crippen molar-refractivity contribution < 1.29 is 13.2 Å². The van der Waals surface area contributed by atoms with Crippen LogP contribution in [0.2, 0.25) is 0 Å². The number of amides is 1. The van der Waals surface area contributed by atoms with E-state index >= 15 is 0 Å². The topological polar surface area (TPSA) is 87.3 Å². The highest BCUT2D eigenvalue weighted by molar-refractivity contribution is 7.99. The molecule has 6 nitrogen and oxygen atoms in total. The monoisotopic (exact) mass is 393 g/mol. The van der Waals surface area contributed by atoms with Gasteiger partial charge in [0.05, 0.1) is 5.75 Å². The minimum absolute atomic E-state index is 0. The molecular weight excluding hydrogens is 370 g/mol. The Morgan fingerprint density at radius 2 is 1.96 bits per heavy atom. The highest BCUT2D eigenvalue weighted by atomic mass is 35.5. The quantitative estimate of drug-likeness (QED) is 0.661. The molecule has 0 spiro atoms. The molecule has 1 saturated heterocycles. The molecule has 3 N–H and O–H groups in total. The Hall–Kier alpha value is -0.960. The largest absolute Gasteiger partial charge is 0.326 e. The lowest BCUT2D eigenvalue weighted by Gasteiger charge is -2.22. The highest BCUT2D eigenvalue weighted by Crippen LogP contribution is 2.16. The number of nitrogens with one attached hydrogen (secondary N) is 3. The van der Waals surface area contributed by atoms with Crippen LogP contribution in [0.5, 0.6) is 0 Å². The fourth-order valence-electron chi connectivity index (χ4n) is 2.31. The van der Waals surface area contributed by atoms with Gasteiger partial charge in [-0.3, -0.25) is 9.52 Å². The van der Waals surface area contributed by atoms with Gasteiger partial charge in [0, 0.05) is 41.9 Å². The van der Waals surface area contributed by atoms with Gasteiger partial charge in [0.15, 0.2) is 0 Å². The van der Waals surface area contributed by atoms with E-state index in [4.69, 9.17) is 0 Å². The number of rotatable bonds is 7. The molecule has 1 fully saturated rings. The van der Waals surface area contributed by atoms with Gasteiger partial charge >= 0.3 is 0 Å². The standard InChI is InChI=1S/C15H23N3O3S2.ClH/c1-2-9-23(20,21)18-13-5-3-12(4-6-13)17-15(19)10-14-11-22-8-7-16-14;/h3-6,14,16,18H,2,7-11H2,1H3,(H,17,19);1H. The average Bonchev–Trinajstić information content (AvgIpc) is 2.50. The number of anilines is 2. The first kappa shape index (κ1) is 21.1. The maximum atomic E-state index is 12.0. The van der Waals surface area contributed by atoms with Crippen LogP contribution in [0.4, 0.5) is 11.4 Å². The minimum Gasteiger partial charge on any atom is -0.326 e. The Kier molecular flexibility index (Phi) is 8.90. The van der Waals surface area contributed by atoms with Crippen molar-refractivity contribution in [2.45, 2.75) is 25.8 Å². The molecule has 1 aromatic rings. The van der Waals surface area contributed by atoms with Crippen molar-refractivity contribution in [2.24, 2.45) is 0 Å². The van der Waals surface area contributed by atoms with E-state index in [0.717, 1.165) is 18.1 Å². The summed E-state index contributed by atoms with van der Waals surface area (Å²) in [5.74, 6) is 2.10. The van der Waals surface area contributed by atoms with E-state index in [9.17, 15) is 13.2 Å². The highest BCUT2D eigenvalue weighted by Gasteiger charge is 2.16. The molecule has 1 atom stereocenters. The lowest BCUT2D eigenvalue weighted by Crippen LogP contribution is -2.39. The smallest absolute Gasteiger partial charge is 0.232 e. The SMILES string of the molecule is CCCS(=O)(=O)Nc1ccc(NC(=O)CC2CSCCN2)cc1.Cl. The van der Waals surface area contributed by atoms with Gasteiger partial charge in [-0.05, 0) is 30.7 Å². The van der Waals surface area contributed by atoms with E-state index in [0.29, 0.717) is 24.2 Å². The molecule has 0 saturated carbocycles.